The van der Waals surface area contributed by atoms with E-state index >= 15 is 0 Å². The molecule has 0 radical (unpaired) electrons. The highest BCUT2D eigenvalue weighted by atomic mass is 19.1. The normalized spacial score (nSPS) is 17.9. The number of hydrogen-bond donors (Lipinski definition) is 0. The highest BCUT2D eigenvalue weighted by molar-refractivity contribution is 5.97. The molecule has 20 heavy (non-hydrogen) atoms. The third-order valence-electron chi connectivity index (χ3n) is 3.38. The molecule has 1 aliphatic heterocycles. The van der Waals surface area contributed by atoms with Crippen molar-refractivity contribution in [3.05, 3.63) is 29.6 Å². The molecule has 1 atom stereocenters. The number of rotatable bonds is 3. The van der Waals surface area contributed by atoms with Gasteiger partial charge in [-0.25, -0.2) is 9.18 Å². The summed E-state index contributed by atoms with van der Waals surface area (Å²) in [6, 6.07) is 3.33. The summed E-state index contributed by atoms with van der Waals surface area (Å²) in [5.41, 5.74) is 0.291. The Morgan fingerprint density at radius 2 is 2.10 bits per heavy atom. The fourth-order valence-corrected chi connectivity index (χ4v) is 2.35. The molecule has 1 aliphatic rings. The van der Waals surface area contributed by atoms with Gasteiger partial charge in [-0.2, -0.15) is 0 Å². The molecule has 1 heterocycles. The molecular weight excluding hydrogens is 265 g/mol. The molecule has 6 heteroatoms. The smallest absolute Gasteiger partial charge is 0.328 e. The lowest BCUT2D eigenvalue weighted by atomic mass is 10.1. The van der Waals surface area contributed by atoms with E-state index in [9.17, 15) is 14.0 Å². The average molecular weight is 281 g/mol. The highest BCUT2D eigenvalue weighted by Crippen LogP contribution is 2.24. The monoisotopic (exact) mass is 281 g/mol. The summed E-state index contributed by atoms with van der Waals surface area (Å²) < 4.78 is 22.9. The van der Waals surface area contributed by atoms with Crippen molar-refractivity contribution in [2.75, 3.05) is 20.8 Å². The molecule has 1 saturated heterocycles. The standard InChI is InChI=1S/C14H16FNO4/c1-19-12-8-9(5-6-10(12)15)13(17)16-7-3-4-11(16)14(18)20-2/h5-6,8,11H,3-4,7H2,1-2H3. The average Bonchev–Trinajstić information content (AvgIpc) is 2.95. The summed E-state index contributed by atoms with van der Waals surface area (Å²) in [6.45, 7) is 0.484. The van der Waals surface area contributed by atoms with Gasteiger partial charge in [-0.3, -0.25) is 4.79 Å². The molecule has 2 rings (SSSR count). The second-order valence-electron chi connectivity index (χ2n) is 4.53. The van der Waals surface area contributed by atoms with E-state index in [0.717, 1.165) is 6.42 Å². The molecule has 0 aromatic heterocycles. The minimum absolute atomic E-state index is 0.00432. The van der Waals surface area contributed by atoms with Crippen LogP contribution < -0.4 is 4.74 Å². The SMILES string of the molecule is COC(=O)C1CCCN1C(=O)c1ccc(F)c(OC)c1. The van der Waals surface area contributed by atoms with Crippen LogP contribution in [0.2, 0.25) is 0 Å². The van der Waals surface area contributed by atoms with Crippen molar-refractivity contribution in [3.63, 3.8) is 0 Å². The number of carbonyl (C=O) groups is 2. The van der Waals surface area contributed by atoms with Crippen molar-refractivity contribution >= 4 is 11.9 Å². The number of halogens is 1. The zero-order valence-electron chi connectivity index (χ0n) is 11.4. The first-order chi connectivity index (χ1) is 9.58. The molecule has 0 N–H and O–H groups in total. The topological polar surface area (TPSA) is 55.8 Å². The molecule has 1 aromatic carbocycles. The fourth-order valence-electron chi connectivity index (χ4n) is 2.35. The minimum Gasteiger partial charge on any atom is -0.494 e. The molecule has 1 unspecified atom stereocenters. The van der Waals surface area contributed by atoms with Gasteiger partial charge in [0, 0.05) is 12.1 Å². The molecule has 1 amide bonds. The fraction of sp³-hybridized carbons (Fsp3) is 0.429. The summed E-state index contributed by atoms with van der Waals surface area (Å²) in [6.07, 6.45) is 1.32. The third-order valence-corrected chi connectivity index (χ3v) is 3.38. The van der Waals surface area contributed by atoms with Gasteiger partial charge >= 0.3 is 5.97 Å². The van der Waals surface area contributed by atoms with Crippen LogP contribution in [0.4, 0.5) is 4.39 Å². The molecule has 1 aromatic rings. The Morgan fingerprint density at radius 3 is 2.75 bits per heavy atom. The van der Waals surface area contributed by atoms with E-state index in [-0.39, 0.29) is 11.7 Å². The van der Waals surface area contributed by atoms with Crippen LogP contribution in [0.15, 0.2) is 18.2 Å². The Morgan fingerprint density at radius 1 is 1.35 bits per heavy atom. The Kier molecular flexibility index (Phi) is 4.22. The predicted octanol–water partition coefficient (Wildman–Crippen LogP) is 1.61. The molecule has 1 fully saturated rings. The lowest BCUT2D eigenvalue weighted by molar-refractivity contribution is -0.145. The number of amides is 1. The first-order valence-electron chi connectivity index (χ1n) is 6.30. The van der Waals surface area contributed by atoms with Gasteiger partial charge < -0.3 is 14.4 Å². The number of ether oxygens (including phenoxy) is 2. The number of nitrogens with zero attached hydrogens (tertiary/aromatic N) is 1. The summed E-state index contributed by atoms with van der Waals surface area (Å²) in [7, 11) is 2.63. The van der Waals surface area contributed by atoms with Crippen molar-refractivity contribution < 1.29 is 23.5 Å². The summed E-state index contributed by atoms with van der Waals surface area (Å²) in [5.74, 6) is -1.28. The lowest BCUT2D eigenvalue weighted by Crippen LogP contribution is -2.41. The van der Waals surface area contributed by atoms with Gasteiger partial charge in [0.1, 0.15) is 6.04 Å². The maximum Gasteiger partial charge on any atom is 0.328 e. The summed E-state index contributed by atoms with van der Waals surface area (Å²) in [4.78, 5) is 25.5. The van der Waals surface area contributed by atoms with E-state index in [1.165, 1.54) is 37.3 Å². The van der Waals surface area contributed by atoms with E-state index in [2.05, 4.69) is 0 Å². The number of benzene rings is 1. The van der Waals surface area contributed by atoms with E-state index < -0.39 is 17.8 Å². The van der Waals surface area contributed by atoms with E-state index in [1.54, 1.807) is 0 Å². The minimum atomic E-state index is -0.566. The van der Waals surface area contributed by atoms with E-state index in [0.29, 0.717) is 18.5 Å². The van der Waals surface area contributed by atoms with E-state index in [4.69, 9.17) is 9.47 Å². The Bertz CT molecular complexity index is 532. The van der Waals surface area contributed by atoms with Crippen LogP contribution in [0.3, 0.4) is 0 Å². The van der Waals surface area contributed by atoms with Crippen LogP contribution in [-0.2, 0) is 9.53 Å². The van der Waals surface area contributed by atoms with Crippen LogP contribution >= 0.6 is 0 Å². The van der Waals surface area contributed by atoms with Crippen molar-refractivity contribution in [1.29, 1.82) is 0 Å². The van der Waals surface area contributed by atoms with Crippen LogP contribution in [0.1, 0.15) is 23.2 Å². The number of likely N-dealkylation sites (tertiary alicyclic amines) is 1. The van der Waals surface area contributed by atoms with Gasteiger partial charge in [0.2, 0.25) is 0 Å². The molecule has 0 saturated carbocycles. The van der Waals surface area contributed by atoms with Gasteiger partial charge in [-0.1, -0.05) is 0 Å². The Balaban J connectivity index is 2.24. The van der Waals surface area contributed by atoms with Crippen molar-refractivity contribution in [1.82, 2.24) is 4.90 Å². The second-order valence-corrected chi connectivity index (χ2v) is 4.53. The number of carbonyl (C=O) groups excluding carboxylic acids is 2. The quantitative estimate of drug-likeness (QED) is 0.790. The zero-order chi connectivity index (χ0) is 14.7. The van der Waals surface area contributed by atoms with Gasteiger partial charge in [-0.05, 0) is 31.0 Å². The number of hydrogen-bond acceptors (Lipinski definition) is 4. The Labute approximate surface area is 116 Å². The van der Waals surface area contributed by atoms with E-state index in [1.807, 2.05) is 0 Å². The van der Waals surface area contributed by atoms with Crippen molar-refractivity contribution in [2.45, 2.75) is 18.9 Å². The molecule has 0 bridgehead atoms. The highest BCUT2D eigenvalue weighted by Gasteiger charge is 2.35. The zero-order valence-corrected chi connectivity index (χ0v) is 11.4. The maximum atomic E-state index is 13.3. The van der Waals surface area contributed by atoms with Crippen LogP contribution in [0.5, 0.6) is 5.75 Å². The molecule has 0 aliphatic carbocycles. The summed E-state index contributed by atoms with van der Waals surface area (Å²) >= 11 is 0. The summed E-state index contributed by atoms with van der Waals surface area (Å²) in [5, 5.41) is 0. The number of esters is 1. The van der Waals surface area contributed by atoms with Crippen LogP contribution in [0, 0.1) is 5.82 Å². The van der Waals surface area contributed by atoms with Gasteiger partial charge in [0.15, 0.2) is 11.6 Å². The predicted molar refractivity (Wildman–Crippen MR) is 69.0 cm³/mol. The van der Waals surface area contributed by atoms with Crippen molar-refractivity contribution in [3.8, 4) is 5.75 Å². The molecule has 5 nitrogen and oxygen atoms in total. The molecular formula is C14H16FNO4. The maximum absolute atomic E-state index is 13.3. The first-order valence-corrected chi connectivity index (χ1v) is 6.30. The second kappa shape index (κ2) is 5.90. The first kappa shape index (κ1) is 14.3. The number of methoxy groups -OCH3 is 2. The van der Waals surface area contributed by atoms with Gasteiger partial charge in [-0.15, -0.1) is 0 Å². The third kappa shape index (κ3) is 2.59. The van der Waals surface area contributed by atoms with Crippen LogP contribution in [-0.4, -0.2) is 43.6 Å². The molecule has 0 spiro atoms. The largest absolute Gasteiger partial charge is 0.494 e. The molecule has 108 valence electrons. The Hall–Kier alpha value is -2.11. The van der Waals surface area contributed by atoms with Gasteiger partial charge in [0.05, 0.1) is 14.2 Å². The van der Waals surface area contributed by atoms with Gasteiger partial charge in [0.25, 0.3) is 5.91 Å². The lowest BCUT2D eigenvalue weighted by Gasteiger charge is -2.22. The van der Waals surface area contributed by atoms with Crippen LogP contribution in [0.25, 0.3) is 0 Å². The van der Waals surface area contributed by atoms with Crippen molar-refractivity contribution in [2.24, 2.45) is 0 Å².